The number of rotatable bonds is 4. The van der Waals surface area contributed by atoms with Crippen LogP contribution in [0.4, 0.5) is 5.69 Å². The molecule has 2 unspecified atom stereocenters. The summed E-state index contributed by atoms with van der Waals surface area (Å²) in [5, 5.41) is 3.20. The summed E-state index contributed by atoms with van der Waals surface area (Å²) in [4.78, 5) is 11.6. The highest BCUT2D eigenvalue weighted by Gasteiger charge is 2.28. The third-order valence-corrected chi connectivity index (χ3v) is 3.61. The maximum atomic E-state index is 11.6. The van der Waals surface area contributed by atoms with E-state index in [9.17, 15) is 4.79 Å². The van der Waals surface area contributed by atoms with Crippen LogP contribution in [0.25, 0.3) is 0 Å². The highest BCUT2D eigenvalue weighted by Crippen LogP contribution is 2.22. The number of nitrogens with two attached hydrogens (primary N) is 1. The fourth-order valence-corrected chi connectivity index (χ4v) is 2.61. The molecule has 1 aromatic carbocycles. The maximum Gasteiger partial charge on any atom is 0.240 e. The van der Waals surface area contributed by atoms with E-state index >= 15 is 0 Å². The number of benzene rings is 1. The number of hydrogen-bond acceptors (Lipinski definition) is 3. The molecule has 1 aliphatic heterocycles. The highest BCUT2D eigenvalue weighted by atomic mass is 79.9. The fourth-order valence-electron chi connectivity index (χ4n) is 2.21. The quantitative estimate of drug-likeness (QED) is 0.895. The van der Waals surface area contributed by atoms with Crippen LogP contribution < -0.4 is 11.1 Å². The molecule has 4 nitrogen and oxygen atoms in total. The second-order valence-corrected chi connectivity index (χ2v) is 5.43. The van der Waals surface area contributed by atoms with Crippen LogP contribution in [-0.2, 0) is 9.53 Å². The molecule has 1 amide bonds. The van der Waals surface area contributed by atoms with Gasteiger partial charge in [0.1, 0.15) is 6.04 Å². The molecule has 0 saturated carbocycles. The van der Waals surface area contributed by atoms with Gasteiger partial charge in [-0.05, 0) is 31.0 Å². The number of anilines is 1. The fraction of sp³-hybridized carbons (Fsp3) is 0.462. The Hall–Kier alpha value is -1.07. The predicted molar refractivity (Wildman–Crippen MR) is 74.3 cm³/mol. The van der Waals surface area contributed by atoms with Crippen molar-refractivity contribution in [2.75, 3.05) is 18.5 Å². The summed E-state index contributed by atoms with van der Waals surface area (Å²) in [5.41, 5.74) is 6.37. The number of ether oxygens (including phenoxy) is 1. The van der Waals surface area contributed by atoms with Crippen molar-refractivity contribution in [1.29, 1.82) is 0 Å². The molecule has 0 aliphatic carbocycles. The Labute approximate surface area is 115 Å². The van der Waals surface area contributed by atoms with Crippen molar-refractivity contribution < 1.29 is 9.53 Å². The van der Waals surface area contributed by atoms with Crippen molar-refractivity contribution in [3.05, 3.63) is 28.7 Å². The van der Waals surface area contributed by atoms with Crippen LogP contribution in [0, 0.1) is 5.92 Å². The summed E-state index contributed by atoms with van der Waals surface area (Å²) in [5.74, 6) is -0.180. The predicted octanol–water partition coefficient (Wildman–Crippen LogP) is 2.14. The lowest BCUT2D eigenvalue weighted by Gasteiger charge is -2.29. The lowest BCUT2D eigenvalue weighted by Crippen LogP contribution is -2.44. The van der Waals surface area contributed by atoms with Gasteiger partial charge in [0.05, 0.1) is 6.61 Å². The second kappa shape index (κ2) is 6.20. The molecule has 2 atom stereocenters. The lowest BCUT2D eigenvalue weighted by molar-refractivity contribution is -0.121. The molecular weight excluding hydrogens is 296 g/mol. The minimum atomic E-state index is -0.375. The zero-order valence-electron chi connectivity index (χ0n) is 10.1. The number of carbonyl (C=O) groups is 1. The van der Waals surface area contributed by atoms with Gasteiger partial charge in [0, 0.05) is 22.7 Å². The Morgan fingerprint density at radius 3 is 3.00 bits per heavy atom. The van der Waals surface area contributed by atoms with Gasteiger partial charge in [-0.1, -0.05) is 22.0 Å². The van der Waals surface area contributed by atoms with E-state index in [1.165, 1.54) is 0 Å². The smallest absolute Gasteiger partial charge is 0.240 e. The Bertz CT molecular complexity index is 419. The Kier molecular flexibility index (Phi) is 4.60. The largest absolute Gasteiger partial charge is 0.381 e. The SMILES string of the molecule is NC(=O)C(Nc1cccc(Br)c1)C1CCCOC1. The molecule has 5 heteroatoms. The van der Waals surface area contributed by atoms with Gasteiger partial charge < -0.3 is 15.8 Å². The number of nitrogens with one attached hydrogen (secondary N) is 1. The van der Waals surface area contributed by atoms with E-state index in [4.69, 9.17) is 10.5 Å². The molecular formula is C13H17BrN2O2. The average molecular weight is 313 g/mol. The average Bonchev–Trinajstić information content (AvgIpc) is 2.37. The first-order valence-corrected chi connectivity index (χ1v) is 6.85. The van der Waals surface area contributed by atoms with Gasteiger partial charge in [-0.3, -0.25) is 4.79 Å². The van der Waals surface area contributed by atoms with Gasteiger partial charge >= 0.3 is 0 Å². The van der Waals surface area contributed by atoms with Crippen molar-refractivity contribution in [2.24, 2.45) is 11.7 Å². The van der Waals surface area contributed by atoms with E-state index in [0.717, 1.165) is 29.6 Å². The summed E-state index contributed by atoms with van der Waals surface area (Å²) < 4.78 is 6.39. The summed E-state index contributed by atoms with van der Waals surface area (Å²) >= 11 is 3.40. The van der Waals surface area contributed by atoms with Gasteiger partial charge in [0.2, 0.25) is 5.91 Å². The molecule has 0 aromatic heterocycles. The third-order valence-electron chi connectivity index (χ3n) is 3.12. The normalized spacial score (nSPS) is 21.3. The molecule has 0 radical (unpaired) electrons. The molecule has 3 N–H and O–H groups in total. The highest BCUT2D eigenvalue weighted by molar-refractivity contribution is 9.10. The van der Waals surface area contributed by atoms with Crippen LogP contribution in [0.5, 0.6) is 0 Å². The molecule has 2 rings (SSSR count). The minimum Gasteiger partial charge on any atom is -0.381 e. The van der Waals surface area contributed by atoms with E-state index < -0.39 is 0 Å². The molecule has 1 fully saturated rings. The molecule has 1 saturated heterocycles. The number of carbonyl (C=O) groups excluding carboxylic acids is 1. The first-order valence-electron chi connectivity index (χ1n) is 6.06. The summed E-state index contributed by atoms with van der Waals surface area (Å²) in [6, 6.07) is 7.33. The molecule has 1 aromatic rings. The summed E-state index contributed by atoms with van der Waals surface area (Å²) in [7, 11) is 0. The van der Waals surface area contributed by atoms with Gasteiger partial charge in [0.25, 0.3) is 0 Å². The first-order chi connectivity index (χ1) is 8.66. The number of amides is 1. The van der Waals surface area contributed by atoms with Crippen molar-refractivity contribution in [2.45, 2.75) is 18.9 Å². The third kappa shape index (κ3) is 3.46. The number of halogens is 1. The Morgan fingerprint density at radius 2 is 2.39 bits per heavy atom. The minimum absolute atomic E-state index is 0.148. The molecule has 1 heterocycles. The molecule has 18 heavy (non-hydrogen) atoms. The van der Waals surface area contributed by atoms with Gasteiger partial charge in [-0.2, -0.15) is 0 Å². The van der Waals surface area contributed by atoms with Gasteiger partial charge in [0.15, 0.2) is 0 Å². The van der Waals surface area contributed by atoms with Crippen LogP contribution >= 0.6 is 15.9 Å². The molecule has 0 spiro atoms. The van der Waals surface area contributed by atoms with Crippen molar-refractivity contribution >= 4 is 27.5 Å². The van der Waals surface area contributed by atoms with E-state index in [1.54, 1.807) is 0 Å². The second-order valence-electron chi connectivity index (χ2n) is 4.51. The van der Waals surface area contributed by atoms with Gasteiger partial charge in [-0.15, -0.1) is 0 Å². The summed E-state index contributed by atoms with van der Waals surface area (Å²) in [6.07, 6.45) is 1.95. The first kappa shape index (κ1) is 13.4. The van der Waals surface area contributed by atoms with E-state index in [1.807, 2.05) is 24.3 Å². The zero-order valence-corrected chi connectivity index (χ0v) is 11.7. The van der Waals surface area contributed by atoms with E-state index in [-0.39, 0.29) is 17.9 Å². The Balaban J connectivity index is 2.08. The Morgan fingerprint density at radius 1 is 1.56 bits per heavy atom. The zero-order chi connectivity index (χ0) is 13.0. The molecule has 98 valence electrons. The number of primary amides is 1. The lowest BCUT2D eigenvalue weighted by atomic mass is 9.93. The summed E-state index contributed by atoms with van der Waals surface area (Å²) in [6.45, 7) is 1.37. The van der Waals surface area contributed by atoms with Crippen LogP contribution in [0.15, 0.2) is 28.7 Å². The van der Waals surface area contributed by atoms with E-state index in [2.05, 4.69) is 21.2 Å². The topological polar surface area (TPSA) is 64.4 Å². The van der Waals surface area contributed by atoms with Crippen molar-refractivity contribution in [3.8, 4) is 0 Å². The van der Waals surface area contributed by atoms with E-state index in [0.29, 0.717) is 6.61 Å². The van der Waals surface area contributed by atoms with Crippen LogP contribution in [0.2, 0.25) is 0 Å². The van der Waals surface area contributed by atoms with Crippen LogP contribution in [0.3, 0.4) is 0 Å². The van der Waals surface area contributed by atoms with Crippen molar-refractivity contribution in [3.63, 3.8) is 0 Å². The van der Waals surface area contributed by atoms with Crippen molar-refractivity contribution in [1.82, 2.24) is 0 Å². The number of hydrogen-bond donors (Lipinski definition) is 2. The monoisotopic (exact) mass is 312 g/mol. The molecule has 0 bridgehead atoms. The maximum absolute atomic E-state index is 11.6. The van der Waals surface area contributed by atoms with Crippen LogP contribution in [-0.4, -0.2) is 25.2 Å². The van der Waals surface area contributed by atoms with Gasteiger partial charge in [-0.25, -0.2) is 0 Å². The standard InChI is InChI=1S/C13H17BrN2O2/c14-10-4-1-5-11(7-10)16-12(13(15)17)9-3-2-6-18-8-9/h1,4-5,7,9,12,16H,2-3,6,8H2,(H2,15,17). The molecule has 1 aliphatic rings. The van der Waals surface area contributed by atoms with Crippen LogP contribution in [0.1, 0.15) is 12.8 Å².